The fourth-order valence-electron chi connectivity index (χ4n) is 4.30. The average Bonchev–Trinajstić information content (AvgIpc) is 2.73. The van der Waals surface area contributed by atoms with Gasteiger partial charge in [0.15, 0.2) is 0 Å². The molecule has 27 heavy (non-hydrogen) atoms. The molecule has 0 saturated carbocycles. The summed E-state index contributed by atoms with van der Waals surface area (Å²) in [5, 5.41) is 3.76. The van der Waals surface area contributed by atoms with E-state index in [1.807, 2.05) is 6.20 Å². The van der Waals surface area contributed by atoms with Crippen molar-refractivity contribution in [3.63, 3.8) is 0 Å². The molecule has 2 aliphatic heterocycles. The van der Waals surface area contributed by atoms with Crippen molar-refractivity contribution in [1.82, 2.24) is 15.3 Å². The van der Waals surface area contributed by atoms with Crippen LogP contribution in [0, 0.1) is 0 Å². The Morgan fingerprint density at radius 1 is 1.22 bits per heavy atom. The van der Waals surface area contributed by atoms with Crippen LogP contribution in [-0.4, -0.2) is 42.3 Å². The van der Waals surface area contributed by atoms with Gasteiger partial charge < -0.3 is 15.0 Å². The maximum absolute atomic E-state index is 6.04. The normalized spacial score (nSPS) is 20.5. The highest BCUT2D eigenvalue weighted by atomic mass is 16.5. The molecule has 1 saturated heterocycles. The third-order valence-corrected chi connectivity index (χ3v) is 5.76. The molecule has 1 aromatic carbocycles. The van der Waals surface area contributed by atoms with Crippen molar-refractivity contribution in [1.29, 1.82) is 0 Å². The van der Waals surface area contributed by atoms with E-state index in [1.165, 1.54) is 16.7 Å². The van der Waals surface area contributed by atoms with Crippen LogP contribution in [0.5, 0.6) is 0 Å². The van der Waals surface area contributed by atoms with Crippen LogP contribution in [0.4, 0.5) is 5.82 Å². The number of hydrogen-bond acceptors (Lipinski definition) is 5. The molecule has 1 aromatic heterocycles. The van der Waals surface area contributed by atoms with Gasteiger partial charge in [-0.15, -0.1) is 0 Å². The van der Waals surface area contributed by atoms with Gasteiger partial charge in [0, 0.05) is 37.4 Å². The molecule has 0 spiro atoms. The molecule has 5 heteroatoms. The predicted octanol–water partition coefficient (Wildman–Crippen LogP) is 3.30. The van der Waals surface area contributed by atoms with Crippen LogP contribution in [0.3, 0.4) is 0 Å². The van der Waals surface area contributed by atoms with Crippen molar-refractivity contribution in [3.8, 4) is 0 Å². The van der Waals surface area contributed by atoms with Gasteiger partial charge in [-0.3, -0.25) is 0 Å². The number of ether oxygens (including phenoxy) is 1. The molecular formula is C22H30N4O. The molecule has 0 radical (unpaired) electrons. The molecular weight excluding hydrogens is 336 g/mol. The van der Waals surface area contributed by atoms with Crippen molar-refractivity contribution < 1.29 is 4.74 Å². The van der Waals surface area contributed by atoms with E-state index in [0.29, 0.717) is 6.04 Å². The van der Waals surface area contributed by atoms with Crippen molar-refractivity contribution in [2.45, 2.75) is 51.2 Å². The van der Waals surface area contributed by atoms with Crippen molar-refractivity contribution in [2.24, 2.45) is 0 Å². The number of rotatable bonds is 6. The Bertz CT molecular complexity index is 743. The monoisotopic (exact) mass is 366 g/mol. The molecule has 1 fully saturated rings. The third kappa shape index (κ3) is 4.30. The Hall–Kier alpha value is -1.98. The van der Waals surface area contributed by atoms with Gasteiger partial charge in [0.25, 0.3) is 0 Å². The van der Waals surface area contributed by atoms with Gasteiger partial charge >= 0.3 is 0 Å². The highest BCUT2D eigenvalue weighted by Gasteiger charge is 2.24. The summed E-state index contributed by atoms with van der Waals surface area (Å²) < 4.78 is 6.04. The summed E-state index contributed by atoms with van der Waals surface area (Å²) in [5.74, 6) is 1.13. The molecule has 2 aliphatic rings. The second-order valence-electron chi connectivity index (χ2n) is 7.60. The van der Waals surface area contributed by atoms with E-state index < -0.39 is 0 Å². The third-order valence-electron chi connectivity index (χ3n) is 5.76. The standard InChI is InChI=1S/C22H30N4O/c1-2-5-18-14-23-16-25-22(18)26-11-8-19(9-12-26)24-15-21-20-7-4-3-6-17(20)10-13-27-21/h3-4,6-7,14,16,19,21,24H,2,5,8-13,15H2,1H3. The Morgan fingerprint density at radius 2 is 2.07 bits per heavy atom. The van der Waals surface area contributed by atoms with Gasteiger partial charge in [-0.1, -0.05) is 37.6 Å². The number of piperidine rings is 1. The second-order valence-corrected chi connectivity index (χ2v) is 7.60. The minimum absolute atomic E-state index is 0.186. The molecule has 0 bridgehead atoms. The quantitative estimate of drug-likeness (QED) is 0.850. The van der Waals surface area contributed by atoms with E-state index in [1.54, 1.807) is 6.33 Å². The van der Waals surface area contributed by atoms with Gasteiger partial charge in [0.1, 0.15) is 12.1 Å². The minimum atomic E-state index is 0.186. The lowest BCUT2D eigenvalue weighted by Gasteiger charge is -2.35. The fraction of sp³-hybridized carbons (Fsp3) is 0.545. The Labute approximate surface area is 162 Å². The number of hydrogen-bond donors (Lipinski definition) is 1. The zero-order chi connectivity index (χ0) is 18.5. The highest BCUT2D eigenvalue weighted by molar-refractivity contribution is 5.46. The summed E-state index contributed by atoms with van der Waals surface area (Å²) in [5.41, 5.74) is 4.08. The Balaban J connectivity index is 1.31. The number of aromatic nitrogens is 2. The Morgan fingerprint density at radius 3 is 2.93 bits per heavy atom. The van der Waals surface area contributed by atoms with Crippen LogP contribution in [0.25, 0.3) is 0 Å². The topological polar surface area (TPSA) is 50.3 Å². The lowest BCUT2D eigenvalue weighted by molar-refractivity contribution is 0.0400. The Kier molecular flexibility index (Phi) is 6.00. The first-order chi connectivity index (χ1) is 13.3. The zero-order valence-electron chi connectivity index (χ0n) is 16.2. The smallest absolute Gasteiger partial charge is 0.135 e. The average molecular weight is 367 g/mol. The van der Waals surface area contributed by atoms with Crippen LogP contribution in [0.15, 0.2) is 36.8 Å². The van der Waals surface area contributed by atoms with Gasteiger partial charge in [0.2, 0.25) is 0 Å². The zero-order valence-corrected chi connectivity index (χ0v) is 16.2. The summed E-state index contributed by atoms with van der Waals surface area (Å²) in [4.78, 5) is 11.2. The van der Waals surface area contributed by atoms with Gasteiger partial charge in [-0.05, 0) is 36.8 Å². The lowest BCUT2D eigenvalue weighted by atomic mass is 9.97. The number of aryl methyl sites for hydroxylation is 1. The summed E-state index contributed by atoms with van der Waals surface area (Å²) in [6, 6.07) is 9.25. The molecule has 3 heterocycles. The summed E-state index contributed by atoms with van der Waals surface area (Å²) in [7, 11) is 0. The number of nitrogens with one attached hydrogen (secondary N) is 1. The van der Waals surface area contributed by atoms with Gasteiger partial charge in [-0.25, -0.2) is 9.97 Å². The fourth-order valence-corrected chi connectivity index (χ4v) is 4.30. The van der Waals surface area contributed by atoms with Crippen LogP contribution in [-0.2, 0) is 17.6 Å². The molecule has 5 nitrogen and oxygen atoms in total. The van der Waals surface area contributed by atoms with E-state index in [0.717, 1.165) is 64.2 Å². The lowest BCUT2D eigenvalue weighted by Crippen LogP contribution is -2.44. The predicted molar refractivity (Wildman–Crippen MR) is 108 cm³/mol. The molecule has 1 N–H and O–H groups in total. The van der Waals surface area contributed by atoms with E-state index in [4.69, 9.17) is 4.74 Å². The van der Waals surface area contributed by atoms with Crippen molar-refractivity contribution in [3.05, 3.63) is 53.5 Å². The first kappa shape index (κ1) is 18.4. The molecule has 1 atom stereocenters. The van der Waals surface area contributed by atoms with E-state index in [9.17, 15) is 0 Å². The highest BCUT2D eigenvalue weighted by Crippen LogP contribution is 2.27. The maximum atomic E-state index is 6.04. The van der Waals surface area contributed by atoms with Crippen LogP contribution >= 0.6 is 0 Å². The van der Waals surface area contributed by atoms with E-state index in [-0.39, 0.29) is 6.10 Å². The first-order valence-electron chi connectivity index (χ1n) is 10.3. The number of benzene rings is 1. The second kappa shape index (κ2) is 8.81. The van der Waals surface area contributed by atoms with Crippen molar-refractivity contribution >= 4 is 5.82 Å². The molecule has 4 rings (SSSR count). The number of nitrogens with zero attached hydrogens (tertiary/aromatic N) is 3. The number of fused-ring (bicyclic) bond motifs is 1. The van der Waals surface area contributed by atoms with Crippen LogP contribution in [0.1, 0.15) is 49.0 Å². The molecule has 2 aromatic rings. The van der Waals surface area contributed by atoms with Gasteiger partial charge in [-0.2, -0.15) is 0 Å². The van der Waals surface area contributed by atoms with E-state index >= 15 is 0 Å². The molecule has 0 aliphatic carbocycles. The van der Waals surface area contributed by atoms with Gasteiger partial charge in [0.05, 0.1) is 12.7 Å². The van der Waals surface area contributed by atoms with Crippen LogP contribution < -0.4 is 10.2 Å². The van der Waals surface area contributed by atoms with E-state index in [2.05, 4.69) is 51.4 Å². The van der Waals surface area contributed by atoms with Crippen LogP contribution in [0.2, 0.25) is 0 Å². The van der Waals surface area contributed by atoms with Crippen molar-refractivity contribution in [2.75, 3.05) is 31.1 Å². The molecule has 1 unspecified atom stereocenters. The molecule has 0 amide bonds. The first-order valence-corrected chi connectivity index (χ1v) is 10.3. The molecule has 144 valence electrons. The SMILES string of the molecule is CCCc1cncnc1N1CCC(NCC2OCCc3ccccc32)CC1. The summed E-state index contributed by atoms with van der Waals surface area (Å²) in [6.07, 6.45) is 9.34. The number of anilines is 1. The summed E-state index contributed by atoms with van der Waals surface area (Å²) in [6.45, 7) is 6.03. The largest absolute Gasteiger partial charge is 0.372 e. The maximum Gasteiger partial charge on any atom is 0.135 e. The summed E-state index contributed by atoms with van der Waals surface area (Å²) >= 11 is 0. The minimum Gasteiger partial charge on any atom is -0.372 e.